The molecule has 0 aliphatic carbocycles. The molecular weight excluding hydrogens is 244 g/mol. The largest absolute Gasteiger partial charge is 0.387 e. The number of hydrogen-bond donors (Lipinski definition) is 3. The van der Waals surface area contributed by atoms with Crippen LogP contribution in [0, 0.1) is 5.92 Å². The third-order valence-corrected chi connectivity index (χ3v) is 2.60. The summed E-state index contributed by atoms with van der Waals surface area (Å²) >= 11 is 0. The van der Waals surface area contributed by atoms with Gasteiger partial charge in [0.15, 0.2) is 0 Å². The molecule has 1 atom stereocenters. The van der Waals surface area contributed by atoms with Crippen molar-refractivity contribution in [3.05, 3.63) is 35.4 Å². The Bertz CT molecular complexity index is 390. The van der Waals surface area contributed by atoms with Gasteiger partial charge in [-0.15, -0.1) is 0 Å². The van der Waals surface area contributed by atoms with Gasteiger partial charge in [0.1, 0.15) is 6.61 Å². The lowest BCUT2D eigenvalue weighted by Gasteiger charge is -2.13. The average Bonchev–Trinajstić information content (AvgIpc) is 2.34. The molecule has 5 heteroatoms. The maximum absolute atomic E-state index is 10.4. The van der Waals surface area contributed by atoms with Gasteiger partial charge in [0.05, 0.1) is 12.6 Å². The summed E-state index contributed by atoms with van der Waals surface area (Å²) in [6.07, 6.45) is 0.345. The number of aliphatic hydroxyl groups excluding tert-OH is 1. The Morgan fingerprint density at radius 1 is 1.37 bits per heavy atom. The first-order valence-electron chi connectivity index (χ1n) is 6.39. The number of carbonyl (C=O) groups excluding carboxylic acids is 1. The summed E-state index contributed by atoms with van der Waals surface area (Å²) in [5.74, 6) is 0.0552. The molecule has 0 aliphatic heterocycles. The number of primary amides is 1. The molecule has 0 saturated heterocycles. The van der Waals surface area contributed by atoms with E-state index in [4.69, 9.17) is 10.6 Å². The van der Waals surface area contributed by atoms with Crippen LogP contribution in [-0.2, 0) is 16.1 Å². The molecule has 1 amide bonds. The van der Waals surface area contributed by atoms with Gasteiger partial charge in [-0.05, 0) is 23.5 Å². The molecule has 4 N–H and O–H groups in total. The quantitative estimate of drug-likeness (QED) is 0.482. The maximum Gasteiger partial charge on any atom is 0.245 e. The standard InChI is InChI=1S/C14H22N2O3/c1-10(2)7-11-3-5-12(6-4-11)13(17)8-16-19-9-14(15)18/h3-6,10,13,16-17H,7-9H2,1-2H3,(H2,15,18). The van der Waals surface area contributed by atoms with Crippen LogP contribution in [-0.4, -0.2) is 24.2 Å². The molecule has 1 aromatic rings. The van der Waals surface area contributed by atoms with Crippen molar-refractivity contribution in [3.8, 4) is 0 Å². The third kappa shape index (κ3) is 6.33. The van der Waals surface area contributed by atoms with Crippen LogP contribution < -0.4 is 11.2 Å². The lowest BCUT2D eigenvalue weighted by atomic mass is 10.0. The Balaban J connectivity index is 2.39. The highest BCUT2D eigenvalue weighted by molar-refractivity contribution is 5.74. The van der Waals surface area contributed by atoms with E-state index >= 15 is 0 Å². The number of amides is 1. The Hall–Kier alpha value is -1.43. The van der Waals surface area contributed by atoms with Crippen LogP contribution in [0.25, 0.3) is 0 Å². The monoisotopic (exact) mass is 266 g/mol. The second-order valence-electron chi connectivity index (χ2n) is 4.96. The zero-order valence-corrected chi connectivity index (χ0v) is 11.4. The lowest BCUT2D eigenvalue weighted by molar-refractivity contribution is -0.125. The second kappa shape index (κ2) is 7.89. The smallest absolute Gasteiger partial charge is 0.245 e. The van der Waals surface area contributed by atoms with Gasteiger partial charge >= 0.3 is 0 Å². The van der Waals surface area contributed by atoms with Gasteiger partial charge in [-0.3, -0.25) is 9.63 Å². The summed E-state index contributed by atoms with van der Waals surface area (Å²) < 4.78 is 0. The molecule has 0 bridgehead atoms. The molecule has 19 heavy (non-hydrogen) atoms. The van der Waals surface area contributed by atoms with Gasteiger partial charge in [-0.1, -0.05) is 38.1 Å². The van der Waals surface area contributed by atoms with Crippen molar-refractivity contribution in [2.24, 2.45) is 11.7 Å². The third-order valence-electron chi connectivity index (χ3n) is 2.60. The number of nitrogens with two attached hydrogens (primary N) is 1. The first-order valence-corrected chi connectivity index (χ1v) is 6.39. The summed E-state index contributed by atoms with van der Waals surface area (Å²) in [6.45, 7) is 4.34. The summed E-state index contributed by atoms with van der Waals surface area (Å²) in [5.41, 5.74) is 9.48. The topological polar surface area (TPSA) is 84.6 Å². The van der Waals surface area contributed by atoms with Crippen molar-refractivity contribution < 1.29 is 14.7 Å². The zero-order chi connectivity index (χ0) is 14.3. The fourth-order valence-corrected chi connectivity index (χ4v) is 1.73. The number of benzene rings is 1. The first-order chi connectivity index (χ1) is 8.99. The van der Waals surface area contributed by atoms with Crippen LogP contribution in [0.5, 0.6) is 0 Å². The summed E-state index contributed by atoms with van der Waals surface area (Å²) in [6, 6.07) is 7.84. The molecular formula is C14H22N2O3. The van der Waals surface area contributed by atoms with Crippen molar-refractivity contribution in [1.82, 2.24) is 5.48 Å². The van der Waals surface area contributed by atoms with Gasteiger partial charge in [-0.2, -0.15) is 5.48 Å². The van der Waals surface area contributed by atoms with Crippen molar-refractivity contribution in [1.29, 1.82) is 0 Å². The summed E-state index contributed by atoms with van der Waals surface area (Å²) in [7, 11) is 0. The predicted molar refractivity (Wildman–Crippen MR) is 73.1 cm³/mol. The number of nitrogens with one attached hydrogen (secondary N) is 1. The summed E-state index contributed by atoms with van der Waals surface area (Å²) in [5, 5.41) is 9.90. The molecule has 0 saturated carbocycles. The highest BCUT2D eigenvalue weighted by Crippen LogP contribution is 2.15. The molecule has 5 nitrogen and oxygen atoms in total. The molecule has 1 unspecified atom stereocenters. The van der Waals surface area contributed by atoms with Crippen molar-refractivity contribution in [3.63, 3.8) is 0 Å². The lowest BCUT2D eigenvalue weighted by Crippen LogP contribution is -2.27. The van der Waals surface area contributed by atoms with Gasteiger partial charge in [0.2, 0.25) is 5.91 Å². The maximum atomic E-state index is 10.4. The highest BCUT2D eigenvalue weighted by Gasteiger charge is 2.07. The number of hydrogen-bond acceptors (Lipinski definition) is 4. The fraction of sp³-hybridized carbons (Fsp3) is 0.500. The normalized spacial score (nSPS) is 12.6. The average molecular weight is 266 g/mol. The Morgan fingerprint density at radius 3 is 2.53 bits per heavy atom. The number of aliphatic hydroxyl groups is 1. The minimum Gasteiger partial charge on any atom is -0.387 e. The SMILES string of the molecule is CC(C)Cc1ccc(C(O)CNOCC(N)=O)cc1. The van der Waals surface area contributed by atoms with Crippen LogP contribution >= 0.6 is 0 Å². The second-order valence-corrected chi connectivity index (χ2v) is 4.96. The Labute approximate surface area is 113 Å². The molecule has 1 aromatic carbocycles. The van der Waals surface area contributed by atoms with Gasteiger partial charge < -0.3 is 10.8 Å². The van der Waals surface area contributed by atoms with E-state index in [9.17, 15) is 9.90 Å². The van der Waals surface area contributed by atoms with Gasteiger partial charge in [0, 0.05) is 0 Å². The minimum absolute atomic E-state index is 0.205. The Kier molecular flexibility index (Phi) is 6.49. The molecule has 0 radical (unpaired) electrons. The van der Waals surface area contributed by atoms with E-state index in [0.717, 1.165) is 12.0 Å². The van der Waals surface area contributed by atoms with Crippen molar-refractivity contribution >= 4 is 5.91 Å². The molecule has 0 fully saturated rings. The molecule has 0 aliphatic rings. The predicted octanol–water partition coefficient (Wildman–Crippen LogP) is 0.925. The van der Waals surface area contributed by atoms with E-state index in [0.29, 0.717) is 5.92 Å². The van der Waals surface area contributed by atoms with E-state index in [1.165, 1.54) is 5.56 Å². The molecule has 0 spiro atoms. The van der Waals surface area contributed by atoms with Crippen LogP contribution in [0.2, 0.25) is 0 Å². The van der Waals surface area contributed by atoms with Crippen molar-refractivity contribution in [2.45, 2.75) is 26.4 Å². The van der Waals surface area contributed by atoms with Crippen LogP contribution in [0.4, 0.5) is 0 Å². The first kappa shape index (κ1) is 15.6. The van der Waals surface area contributed by atoms with E-state index in [2.05, 4.69) is 19.3 Å². The van der Waals surface area contributed by atoms with E-state index in [1.807, 2.05) is 24.3 Å². The van der Waals surface area contributed by atoms with E-state index < -0.39 is 12.0 Å². The van der Waals surface area contributed by atoms with Gasteiger partial charge in [-0.25, -0.2) is 0 Å². The fourth-order valence-electron chi connectivity index (χ4n) is 1.73. The minimum atomic E-state index is -0.680. The number of carbonyl (C=O) groups is 1. The number of hydroxylamine groups is 1. The number of rotatable bonds is 8. The van der Waals surface area contributed by atoms with Crippen LogP contribution in [0.15, 0.2) is 24.3 Å². The molecule has 0 aromatic heterocycles. The highest BCUT2D eigenvalue weighted by atomic mass is 16.6. The van der Waals surface area contributed by atoms with Crippen LogP contribution in [0.3, 0.4) is 0 Å². The van der Waals surface area contributed by atoms with E-state index in [1.54, 1.807) is 0 Å². The zero-order valence-electron chi connectivity index (χ0n) is 11.4. The molecule has 106 valence electrons. The Morgan fingerprint density at radius 2 is 2.00 bits per heavy atom. The molecule has 1 rings (SSSR count). The molecule has 0 heterocycles. The summed E-state index contributed by atoms with van der Waals surface area (Å²) in [4.78, 5) is 15.2. The van der Waals surface area contributed by atoms with Crippen LogP contribution in [0.1, 0.15) is 31.1 Å². The van der Waals surface area contributed by atoms with E-state index in [-0.39, 0.29) is 13.2 Å². The van der Waals surface area contributed by atoms with Crippen molar-refractivity contribution in [2.75, 3.05) is 13.2 Å². The van der Waals surface area contributed by atoms with Gasteiger partial charge in [0.25, 0.3) is 0 Å².